The fourth-order valence-corrected chi connectivity index (χ4v) is 2.39. The molecule has 17 heavy (non-hydrogen) atoms. The standard InChI is InChI=1S/C13H18ClNO2/c1-8-9(7-13(15)4-5-13)10(14)6-11(16-2)12(8)17-3/h6H,4-5,7,15H2,1-3H3. The fourth-order valence-electron chi connectivity index (χ4n) is 2.08. The molecule has 3 nitrogen and oxygen atoms in total. The second-order valence-corrected chi connectivity index (χ2v) is 5.14. The zero-order valence-electron chi connectivity index (χ0n) is 10.5. The Balaban J connectivity index is 2.44. The molecule has 4 heteroatoms. The molecule has 0 atom stereocenters. The number of benzene rings is 1. The number of halogens is 1. The van der Waals surface area contributed by atoms with E-state index in [1.165, 1.54) is 0 Å². The van der Waals surface area contributed by atoms with E-state index in [9.17, 15) is 0 Å². The van der Waals surface area contributed by atoms with Gasteiger partial charge in [-0.2, -0.15) is 0 Å². The molecule has 0 aromatic heterocycles. The minimum atomic E-state index is -0.0615. The first-order chi connectivity index (χ1) is 8.00. The lowest BCUT2D eigenvalue weighted by atomic mass is 9.99. The van der Waals surface area contributed by atoms with Gasteiger partial charge < -0.3 is 15.2 Å². The zero-order valence-corrected chi connectivity index (χ0v) is 11.2. The van der Waals surface area contributed by atoms with Crippen LogP contribution in [0, 0.1) is 6.92 Å². The average molecular weight is 256 g/mol. The van der Waals surface area contributed by atoms with E-state index in [0.717, 1.165) is 36.1 Å². The molecule has 1 aliphatic rings. The number of hydrogen-bond donors (Lipinski definition) is 1. The van der Waals surface area contributed by atoms with Crippen molar-refractivity contribution in [2.24, 2.45) is 5.73 Å². The Labute approximate surface area is 107 Å². The number of nitrogens with two attached hydrogens (primary N) is 1. The predicted molar refractivity (Wildman–Crippen MR) is 69.1 cm³/mol. The van der Waals surface area contributed by atoms with Crippen LogP contribution < -0.4 is 15.2 Å². The third-order valence-corrected chi connectivity index (χ3v) is 3.75. The van der Waals surface area contributed by atoms with E-state index in [4.69, 9.17) is 26.8 Å². The monoisotopic (exact) mass is 255 g/mol. The van der Waals surface area contributed by atoms with Gasteiger partial charge in [0.1, 0.15) is 0 Å². The van der Waals surface area contributed by atoms with Gasteiger partial charge in [-0.1, -0.05) is 11.6 Å². The van der Waals surface area contributed by atoms with Gasteiger partial charge in [-0.25, -0.2) is 0 Å². The summed E-state index contributed by atoms with van der Waals surface area (Å²) in [6.07, 6.45) is 2.94. The van der Waals surface area contributed by atoms with Gasteiger partial charge in [-0.05, 0) is 37.3 Å². The lowest BCUT2D eigenvalue weighted by molar-refractivity contribution is 0.352. The SMILES string of the molecule is COc1cc(Cl)c(CC2(N)CC2)c(C)c1OC. The van der Waals surface area contributed by atoms with Crippen LogP contribution in [0.2, 0.25) is 5.02 Å². The maximum Gasteiger partial charge on any atom is 0.163 e. The second-order valence-electron chi connectivity index (χ2n) is 4.74. The highest BCUT2D eigenvalue weighted by atomic mass is 35.5. The summed E-state index contributed by atoms with van der Waals surface area (Å²) in [5.41, 5.74) is 8.18. The molecule has 2 rings (SSSR count). The van der Waals surface area contributed by atoms with E-state index in [2.05, 4.69) is 0 Å². The first-order valence-corrected chi connectivity index (χ1v) is 6.07. The Morgan fingerprint density at radius 3 is 2.47 bits per heavy atom. The first-order valence-electron chi connectivity index (χ1n) is 5.69. The number of rotatable bonds is 4. The molecule has 0 amide bonds. The van der Waals surface area contributed by atoms with Crippen molar-refractivity contribution in [1.29, 1.82) is 0 Å². The van der Waals surface area contributed by atoms with Crippen LogP contribution in [-0.2, 0) is 6.42 Å². The molecule has 0 unspecified atom stereocenters. The summed E-state index contributed by atoms with van der Waals surface area (Å²) in [4.78, 5) is 0. The van der Waals surface area contributed by atoms with E-state index in [1.54, 1.807) is 20.3 Å². The molecule has 0 heterocycles. The Morgan fingerprint density at radius 2 is 2.00 bits per heavy atom. The van der Waals surface area contributed by atoms with Gasteiger partial charge in [0.25, 0.3) is 0 Å². The van der Waals surface area contributed by atoms with E-state index in [0.29, 0.717) is 10.8 Å². The molecular formula is C13H18ClNO2. The van der Waals surface area contributed by atoms with E-state index >= 15 is 0 Å². The number of hydrogen-bond acceptors (Lipinski definition) is 3. The van der Waals surface area contributed by atoms with Crippen molar-refractivity contribution >= 4 is 11.6 Å². The molecule has 94 valence electrons. The van der Waals surface area contributed by atoms with E-state index < -0.39 is 0 Å². The van der Waals surface area contributed by atoms with Crippen molar-refractivity contribution in [2.75, 3.05) is 14.2 Å². The van der Waals surface area contributed by atoms with Crippen molar-refractivity contribution in [3.8, 4) is 11.5 Å². The normalized spacial score (nSPS) is 16.8. The van der Waals surface area contributed by atoms with Crippen LogP contribution >= 0.6 is 11.6 Å². The van der Waals surface area contributed by atoms with Gasteiger partial charge in [-0.15, -0.1) is 0 Å². The summed E-state index contributed by atoms with van der Waals surface area (Å²) in [5.74, 6) is 1.41. The summed E-state index contributed by atoms with van der Waals surface area (Å²) < 4.78 is 10.6. The minimum Gasteiger partial charge on any atom is -0.493 e. The van der Waals surface area contributed by atoms with Crippen LogP contribution in [-0.4, -0.2) is 19.8 Å². The molecule has 1 aromatic rings. The summed E-state index contributed by atoms with van der Waals surface area (Å²) in [6.45, 7) is 1.99. The van der Waals surface area contributed by atoms with Crippen LogP contribution in [0.4, 0.5) is 0 Å². The highest BCUT2D eigenvalue weighted by Gasteiger charge is 2.39. The van der Waals surface area contributed by atoms with Crippen LogP contribution in [0.25, 0.3) is 0 Å². The van der Waals surface area contributed by atoms with Crippen LogP contribution in [0.3, 0.4) is 0 Å². The molecule has 1 aromatic carbocycles. The molecule has 0 saturated heterocycles. The van der Waals surface area contributed by atoms with Gasteiger partial charge >= 0.3 is 0 Å². The molecule has 0 radical (unpaired) electrons. The largest absolute Gasteiger partial charge is 0.493 e. The maximum atomic E-state index is 6.29. The summed E-state index contributed by atoms with van der Waals surface area (Å²) in [5, 5.41) is 0.705. The summed E-state index contributed by atoms with van der Waals surface area (Å²) in [7, 11) is 3.25. The molecule has 0 spiro atoms. The topological polar surface area (TPSA) is 44.5 Å². The Hall–Kier alpha value is -0.930. The molecule has 1 fully saturated rings. The fraction of sp³-hybridized carbons (Fsp3) is 0.538. The molecule has 0 bridgehead atoms. The lowest BCUT2D eigenvalue weighted by Crippen LogP contribution is -2.25. The van der Waals surface area contributed by atoms with Crippen LogP contribution in [0.5, 0.6) is 11.5 Å². The quantitative estimate of drug-likeness (QED) is 0.900. The average Bonchev–Trinajstić information content (AvgIpc) is 3.02. The van der Waals surface area contributed by atoms with Gasteiger partial charge in [0.05, 0.1) is 14.2 Å². The smallest absolute Gasteiger partial charge is 0.163 e. The predicted octanol–water partition coefficient (Wildman–Crippen LogP) is 2.70. The van der Waals surface area contributed by atoms with Crippen molar-refractivity contribution in [2.45, 2.75) is 31.7 Å². The Morgan fingerprint density at radius 1 is 1.35 bits per heavy atom. The highest BCUT2D eigenvalue weighted by Crippen LogP contribution is 2.43. The first kappa shape index (κ1) is 12.5. The Bertz CT molecular complexity index is 442. The molecule has 0 aliphatic heterocycles. The van der Waals surface area contributed by atoms with E-state index in [1.807, 2.05) is 6.92 Å². The number of methoxy groups -OCH3 is 2. The summed E-state index contributed by atoms with van der Waals surface area (Å²) >= 11 is 6.29. The lowest BCUT2D eigenvalue weighted by Gasteiger charge is -2.18. The van der Waals surface area contributed by atoms with Crippen molar-refractivity contribution in [1.82, 2.24) is 0 Å². The minimum absolute atomic E-state index is 0.0615. The van der Waals surface area contributed by atoms with Crippen molar-refractivity contribution in [3.05, 3.63) is 22.2 Å². The van der Waals surface area contributed by atoms with Gasteiger partial charge in [-0.3, -0.25) is 0 Å². The van der Waals surface area contributed by atoms with Crippen LogP contribution in [0.15, 0.2) is 6.07 Å². The van der Waals surface area contributed by atoms with Gasteiger partial charge in [0.15, 0.2) is 11.5 Å². The highest BCUT2D eigenvalue weighted by molar-refractivity contribution is 6.31. The third-order valence-electron chi connectivity index (χ3n) is 3.41. The zero-order chi connectivity index (χ0) is 12.6. The molecule has 1 saturated carbocycles. The number of ether oxygens (including phenoxy) is 2. The maximum absolute atomic E-state index is 6.29. The van der Waals surface area contributed by atoms with Crippen LogP contribution in [0.1, 0.15) is 24.0 Å². The molecular weight excluding hydrogens is 238 g/mol. The summed E-state index contributed by atoms with van der Waals surface area (Å²) in [6, 6.07) is 1.80. The third kappa shape index (κ3) is 2.35. The Kier molecular flexibility index (Phi) is 3.23. The van der Waals surface area contributed by atoms with Gasteiger partial charge in [0.2, 0.25) is 0 Å². The van der Waals surface area contributed by atoms with Gasteiger partial charge in [0, 0.05) is 16.6 Å². The van der Waals surface area contributed by atoms with E-state index in [-0.39, 0.29) is 5.54 Å². The second kappa shape index (κ2) is 4.39. The molecule has 1 aliphatic carbocycles. The van der Waals surface area contributed by atoms with Crippen molar-refractivity contribution < 1.29 is 9.47 Å². The van der Waals surface area contributed by atoms with Crippen molar-refractivity contribution in [3.63, 3.8) is 0 Å². The molecule has 2 N–H and O–H groups in total.